The summed E-state index contributed by atoms with van der Waals surface area (Å²) in [7, 11) is 4.23. The lowest BCUT2D eigenvalue weighted by Crippen LogP contribution is -2.40. The summed E-state index contributed by atoms with van der Waals surface area (Å²) < 4.78 is 0. The minimum Gasteiger partial charge on any atom is -0.368 e. The molecule has 0 amide bonds. The Morgan fingerprint density at radius 3 is 2.06 bits per heavy atom. The summed E-state index contributed by atoms with van der Waals surface area (Å²) in [5.41, 5.74) is 8.34. The average Bonchev–Trinajstić information content (AvgIpc) is 2.29. The van der Waals surface area contributed by atoms with E-state index in [1.54, 1.807) is 0 Å². The summed E-state index contributed by atoms with van der Waals surface area (Å²) in [5, 5.41) is 0. The third-order valence-corrected chi connectivity index (χ3v) is 3.25. The highest BCUT2D eigenvalue weighted by Crippen LogP contribution is 2.20. The standard InChI is InChI=1S/C15H27N3/c1-6-18(12(2)11-17(4)5)15-9-7-14(8-10-15)13(3)16/h7-10,12-13H,6,11,16H2,1-5H3/t12?,13-/m0/s1. The van der Waals surface area contributed by atoms with E-state index in [9.17, 15) is 0 Å². The molecule has 0 fully saturated rings. The van der Waals surface area contributed by atoms with Gasteiger partial charge in [0.2, 0.25) is 0 Å². The van der Waals surface area contributed by atoms with Crippen LogP contribution in [0.5, 0.6) is 0 Å². The third kappa shape index (κ3) is 4.00. The lowest BCUT2D eigenvalue weighted by molar-refractivity contribution is 0.373. The Hall–Kier alpha value is -1.06. The van der Waals surface area contributed by atoms with Crippen LogP contribution in [-0.2, 0) is 0 Å². The van der Waals surface area contributed by atoms with Gasteiger partial charge in [0.25, 0.3) is 0 Å². The lowest BCUT2D eigenvalue weighted by atomic mass is 10.1. The van der Waals surface area contributed by atoms with E-state index in [1.807, 2.05) is 6.92 Å². The van der Waals surface area contributed by atoms with Crippen LogP contribution in [0.4, 0.5) is 5.69 Å². The van der Waals surface area contributed by atoms with Gasteiger partial charge in [-0.2, -0.15) is 0 Å². The molecule has 0 aromatic heterocycles. The SMILES string of the molecule is CCN(c1ccc([C@H](C)N)cc1)C(C)CN(C)C. The van der Waals surface area contributed by atoms with Gasteiger partial charge >= 0.3 is 0 Å². The van der Waals surface area contributed by atoms with Gasteiger partial charge in [0.05, 0.1) is 0 Å². The van der Waals surface area contributed by atoms with E-state index in [-0.39, 0.29) is 6.04 Å². The number of hydrogen-bond donors (Lipinski definition) is 1. The third-order valence-electron chi connectivity index (χ3n) is 3.25. The molecule has 1 rings (SSSR count). The van der Waals surface area contributed by atoms with E-state index in [4.69, 9.17) is 5.73 Å². The first-order valence-corrected chi connectivity index (χ1v) is 6.72. The molecule has 1 aromatic carbocycles. The number of likely N-dealkylation sites (N-methyl/N-ethyl adjacent to an activating group) is 2. The highest BCUT2D eigenvalue weighted by Gasteiger charge is 2.13. The molecular formula is C15H27N3. The Balaban J connectivity index is 2.81. The molecule has 0 heterocycles. The fraction of sp³-hybridized carbons (Fsp3) is 0.600. The molecule has 3 heteroatoms. The molecule has 0 saturated heterocycles. The molecule has 102 valence electrons. The van der Waals surface area contributed by atoms with Crippen LogP contribution in [0.25, 0.3) is 0 Å². The van der Waals surface area contributed by atoms with Crippen LogP contribution in [0.3, 0.4) is 0 Å². The van der Waals surface area contributed by atoms with Crippen molar-refractivity contribution in [3.05, 3.63) is 29.8 Å². The predicted octanol–water partition coefficient (Wildman–Crippen LogP) is 2.48. The number of nitrogens with two attached hydrogens (primary N) is 1. The van der Waals surface area contributed by atoms with Crippen molar-refractivity contribution >= 4 is 5.69 Å². The second kappa shape index (κ2) is 6.76. The highest BCUT2D eigenvalue weighted by atomic mass is 15.2. The van der Waals surface area contributed by atoms with Crippen molar-refractivity contribution in [1.82, 2.24) is 4.90 Å². The number of anilines is 1. The molecule has 0 radical (unpaired) electrons. The summed E-state index contributed by atoms with van der Waals surface area (Å²) >= 11 is 0. The second-order valence-corrected chi connectivity index (χ2v) is 5.28. The maximum atomic E-state index is 5.88. The van der Waals surface area contributed by atoms with E-state index >= 15 is 0 Å². The lowest BCUT2D eigenvalue weighted by Gasteiger charge is -2.32. The number of rotatable bonds is 6. The van der Waals surface area contributed by atoms with Crippen molar-refractivity contribution in [2.45, 2.75) is 32.9 Å². The summed E-state index contributed by atoms with van der Waals surface area (Å²) in [4.78, 5) is 4.65. The quantitative estimate of drug-likeness (QED) is 0.840. The molecular weight excluding hydrogens is 222 g/mol. The summed E-state index contributed by atoms with van der Waals surface area (Å²) in [6.07, 6.45) is 0. The fourth-order valence-corrected chi connectivity index (χ4v) is 2.35. The minimum atomic E-state index is 0.105. The Bertz CT molecular complexity index is 343. The van der Waals surface area contributed by atoms with Crippen molar-refractivity contribution in [3.8, 4) is 0 Å². The van der Waals surface area contributed by atoms with E-state index in [0.29, 0.717) is 6.04 Å². The van der Waals surface area contributed by atoms with Crippen molar-refractivity contribution < 1.29 is 0 Å². The van der Waals surface area contributed by atoms with Gasteiger partial charge in [0.1, 0.15) is 0 Å². The van der Waals surface area contributed by atoms with Crippen molar-refractivity contribution in [2.24, 2.45) is 5.73 Å². The zero-order chi connectivity index (χ0) is 13.7. The first-order valence-electron chi connectivity index (χ1n) is 6.72. The predicted molar refractivity (Wildman–Crippen MR) is 80.1 cm³/mol. The van der Waals surface area contributed by atoms with Gasteiger partial charge in [-0.25, -0.2) is 0 Å². The van der Waals surface area contributed by atoms with Crippen LogP contribution in [0, 0.1) is 0 Å². The van der Waals surface area contributed by atoms with Crippen LogP contribution in [0.1, 0.15) is 32.4 Å². The Morgan fingerprint density at radius 2 is 1.67 bits per heavy atom. The smallest absolute Gasteiger partial charge is 0.0388 e. The maximum Gasteiger partial charge on any atom is 0.0388 e. The van der Waals surface area contributed by atoms with Crippen LogP contribution in [0.2, 0.25) is 0 Å². The molecule has 0 saturated carbocycles. The van der Waals surface area contributed by atoms with Crippen molar-refractivity contribution in [2.75, 3.05) is 32.1 Å². The van der Waals surface area contributed by atoms with Gasteiger partial charge in [-0.05, 0) is 52.6 Å². The molecule has 0 aliphatic rings. The summed E-state index contributed by atoms with van der Waals surface area (Å²) in [6, 6.07) is 9.22. The monoisotopic (exact) mass is 249 g/mol. The fourth-order valence-electron chi connectivity index (χ4n) is 2.35. The number of nitrogens with zero attached hydrogens (tertiary/aromatic N) is 2. The molecule has 2 atom stereocenters. The molecule has 1 unspecified atom stereocenters. The molecule has 0 bridgehead atoms. The zero-order valence-corrected chi connectivity index (χ0v) is 12.4. The highest BCUT2D eigenvalue weighted by molar-refractivity contribution is 5.48. The minimum absolute atomic E-state index is 0.105. The van der Waals surface area contributed by atoms with Gasteiger partial charge in [-0.1, -0.05) is 12.1 Å². The van der Waals surface area contributed by atoms with Gasteiger partial charge < -0.3 is 15.5 Å². The first kappa shape index (κ1) is 15.0. The molecule has 0 aliphatic heterocycles. The normalized spacial score (nSPS) is 14.6. The molecule has 0 spiro atoms. The van der Waals surface area contributed by atoms with Crippen molar-refractivity contribution in [3.63, 3.8) is 0 Å². The average molecular weight is 249 g/mol. The summed E-state index contributed by atoms with van der Waals surface area (Å²) in [5.74, 6) is 0. The summed E-state index contributed by atoms with van der Waals surface area (Å²) in [6.45, 7) is 8.56. The second-order valence-electron chi connectivity index (χ2n) is 5.28. The van der Waals surface area contributed by atoms with Crippen LogP contribution < -0.4 is 10.6 Å². The van der Waals surface area contributed by atoms with E-state index < -0.39 is 0 Å². The molecule has 3 nitrogen and oxygen atoms in total. The van der Waals surface area contributed by atoms with Crippen LogP contribution in [-0.4, -0.2) is 38.1 Å². The molecule has 2 N–H and O–H groups in total. The molecule has 1 aromatic rings. The van der Waals surface area contributed by atoms with E-state index in [1.165, 1.54) is 11.3 Å². The Labute approximate surface area is 112 Å². The first-order chi connectivity index (χ1) is 8.45. The van der Waals surface area contributed by atoms with Gasteiger partial charge in [-0.3, -0.25) is 0 Å². The molecule has 0 aliphatic carbocycles. The zero-order valence-electron chi connectivity index (χ0n) is 12.4. The van der Waals surface area contributed by atoms with Crippen LogP contribution in [0.15, 0.2) is 24.3 Å². The van der Waals surface area contributed by atoms with Crippen molar-refractivity contribution in [1.29, 1.82) is 0 Å². The van der Waals surface area contributed by atoms with Gasteiger partial charge in [0.15, 0.2) is 0 Å². The number of hydrogen-bond acceptors (Lipinski definition) is 3. The number of benzene rings is 1. The maximum absolute atomic E-state index is 5.88. The van der Waals surface area contributed by atoms with Gasteiger partial charge in [-0.15, -0.1) is 0 Å². The Kier molecular flexibility index (Phi) is 5.63. The molecule has 18 heavy (non-hydrogen) atoms. The van der Waals surface area contributed by atoms with E-state index in [0.717, 1.165) is 13.1 Å². The van der Waals surface area contributed by atoms with E-state index in [2.05, 4.69) is 62.0 Å². The topological polar surface area (TPSA) is 32.5 Å². The van der Waals surface area contributed by atoms with Crippen LogP contribution >= 0.6 is 0 Å². The van der Waals surface area contributed by atoms with Gasteiger partial charge in [0, 0.05) is 30.9 Å². The Morgan fingerprint density at radius 1 is 1.11 bits per heavy atom. The largest absolute Gasteiger partial charge is 0.368 e.